The predicted octanol–water partition coefficient (Wildman–Crippen LogP) is 3.36. The topological polar surface area (TPSA) is 97.0 Å². The van der Waals surface area contributed by atoms with E-state index in [2.05, 4.69) is 47.2 Å². The average molecular weight is 530 g/mol. The van der Waals surface area contributed by atoms with Gasteiger partial charge in [0.1, 0.15) is 5.75 Å². The molecular weight excluding hydrogens is 490 g/mol. The lowest BCUT2D eigenvalue weighted by Gasteiger charge is -2.38. The molecule has 2 aromatic rings. The van der Waals surface area contributed by atoms with Gasteiger partial charge in [0.2, 0.25) is 0 Å². The van der Waals surface area contributed by atoms with Gasteiger partial charge in [0.05, 0.1) is 25.9 Å². The molecular formula is C28H39N3O5S. The summed E-state index contributed by atoms with van der Waals surface area (Å²) in [5, 5.41) is 3.16. The lowest BCUT2D eigenvalue weighted by molar-refractivity contribution is 0.0726. The van der Waals surface area contributed by atoms with Crippen LogP contribution in [0.3, 0.4) is 0 Å². The van der Waals surface area contributed by atoms with Gasteiger partial charge in [0.15, 0.2) is 0 Å². The summed E-state index contributed by atoms with van der Waals surface area (Å²) in [6.07, 6.45) is 14.0. The summed E-state index contributed by atoms with van der Waals surface area (Å²) < 4.78 is 36.2. The molecule has 2 aliphatic rings. The Balaban J connectivity index is 0.000000311. The first-order chi connectivity index (χ1) is 17.9. The highest BCUT2D eigenvalue weighted by atomic mass is 32.2. The van der Waals surface area contributed by atoms with Crippen molar-refractivity contribution in [2.45, 2.75) is 37.5 Å². The molecule has 1 saturated carbocycles. The number of hydrogen-bond donors (Lipinski definition) is 2. The van der Waals surface area contributed by atoms with Crippen LogP contribution in [0.15, 0.2) is 54.6 Å². The number of para-hydroxylation sites is 1. The van der Waals surface area contributed by atoms with Crippen molar-refractivity contribution in [3.63, 3.8) is 0 Å². The quantitative estimate of drug-likeness (QED) is 0.536. The molecule has 8 nitrogen and oxygen atoms in total. The average Bonchev–Trinajstić information content (AvgIpc) is 2.98. The Kier molecular flexibility index (Phi) is 12.6. The lowest BCUT2D eigenvalue weighted by atomic mass is 9.69. The summed E-state index contributed by atoms with van der Waals surface area (Å²) in [7, 11) is -0.214. The number of carbonyl (C=O) groups excluding carboxylic acids is 1. The number of ether oxygens (including phenoxy) is 2. The van der Waals surface area contributed by atoms with E-state index in [1.807, 2.05) is 30.3 Å². The molecule has 1 aliphatic heterocycles. The van der Waals surface area contributed by atoms with Crippen LogP contribution in [-0.4, -0.2) is 65.6 Å². The number of nitrogens with one attached hydrogen (secondary N) is 2. The van der Waals surface area contributed by atoms with Gasteiger partial charge >= 0.3 is 0 Å². The minimum atomic E-state index is -3.22. The fourth-order valence-electron chi connectivity index (χ4n) is 4.68. The highest BCUT2D eigenvalue weighted by Crippen LogP contribution is 2.39. The first-order valence-corrected chi connectivity index (χ1v) is 13.9. The van der Waals surface area contributed by atoms with Crippen molar-refractivity contribution in [2.75, 3.05) is 47.0 Å². The van der Waals surface area contributed by atoms with Crippen LogP contribution in [0.1, 0.15) is 48.0 Å². The molecule has 2 fully saturated rings. The van der Waals surface area contributed by atoms with Crippen molar-refractivity contribution in [2.24, 2.45) is 0 Å². The monoisotopic (exact) mass is 529 g/mol. The summed E-state index contributed by atoms with van der Waals surface area (Å²) in [6, 6.07) is 18.0. The molecule has 1 saturated heterocycles. The number of hydrogen-bond acceptors (Lipinski definition) is 5. The van der Waals surface area contributed by atoms with E-state index in [1.54, 1.807) is 7.11 Å². The van der Waals surface area contributed by atoms with Crippen LogP contribution in [0.2, 0.25) is 0 Å². The first-order valence-electron chi connectivity index (χ1n) is 12.5. The molecule has 1 amide bonds. The van der Waals surface area contributed by atoms with E-state index < -0.39 is 10.2 Å². The van der Waals surface area contributed by atoms with Gasteiger partial charge in [0.25, 0.3) is 16.1 Å². The van der Waals surface area contributed by atoms with Crippen LogP contribution >= 0.6 is 0 Å². The van der Waals surface area contributed by atoms with E-state index in [1.165, 1.54) is 36.2 Å². The minimum Gasteiger partial charge on any atom is -0.496 e. The second kappa shape index (κ2) is 15.4. The molecule has 0 spiro atoms. The minimum absolute atomic E-state index is 0.0528. The number of morpholine rings is 1. The summed E-state index contributed by atoms with van der Waals surface area (Å²) in [4.78, 5) is 12.6. The summed E-state index contributed by atoms with van der Waals surface area (Å²) in [5.74, 6) is 0.556. The largest absolute Gasteiger partial charge is 0.496 e. The van der Waals surface area contributed by atoms with Crippen molar-refractivity contribution in [1.82, 2.24) is 14.3 Å². The van der Waals surface area contributed by atoms with E-state index in [4.69, 9.17) is 9.47 Å². The van der Waals surface area contributed by atoms with Crippen LogP contribution in [0.5, 0.6) is 5.75 Å². The zero-order chi connectivity index (χ0) is 27.2. The highest BCUT2D eigenvalue weighted by Gasteiger charge is 2.34. The van der Waals surface area contributed by atoms with Crippen molar-refractivity contribution < 1.29 is 22.7 Å². The van der Waals surface area contributed by atoms with E-state index >= 15 is 0 Å². The van der Waals surface area contributed by atoms with Gasteiger partial charge in [-0.05, 0) is 30.5 Å². The Labute approximate surface area is 221 Å². The molecule has 37 heavy (non-hydrogen) atoms. The van der Waals surface area contributed by atoms with Crippen molar-refractivity contribution in [3.8, 4) is 18.6 Å². The second-order valence-corrected chi connectivity index (χ2v) is 10.7. The normalized spacial score (nSPS) is 17.2. The molecule has 9 heteroatoms. The Morgan fingerprint density at radius 1 is 1.00 bits per heavy atom. The number of methoxy groups -OCH3 is 1. The van der Waals surface area contributed by atoms with Crippen LogP contribution in [0.4, 0.5) is 0 Å². The number of benzene rings is 2. The van der Waals surface area contributed by atoms with E-state index in [9.17, 15) is 13.2 Å². The fourth-order valence-corrected chi connectivity index (χ4v) is 5.57. The van der Waals surface area contributed by atoms with E-state index in [0.717, 1.165) is 12.8 Å². The molecule has 2 aromatic carbocycles. The summed E-state index contributed by atoms with van der Waals surface area (Å²) in [6.45, 7) is 2.54. The van der Waals surface area contributed by atoms with Gasteiger partial charge < -0.3 is 14.8 Å². The van der Waals surface area contributed by atoms with Gasteiger partial charge in [0, 0.05) is 32.1 Å². The maximum absolute atomic E-state index is 12.6. The maximum Gasteiger partial charge on any atom is 0.279 e. The van der Waals surface area contributed by atoms with Crippen molar-refractivity contribution in [1.29, 1.82) is 0 Å². The molecule has 0 bridgehead atoms. The zero-order valence-corrected chi connectivity index (χ0v) is 22.6. The molecule has 4 rings (SSSR count). The number of rotatable bonds is 7. The zero-order valence-electron chi connectivity index (χ0n) is 21.8. The Morgan fingerprint density at radius 3 is 2.19 bits per heavy atom. The molecule has 0 aromatic heterocycles. The highest BCUT2D eigenvalue weighted by molar-refractivity contribution is 7.87. The molecule has 1 heterocycles. The Morgan fingerprint density at radius 2 is 1.59 bits per heavy atom. The van der Waals surface area contributed by atoms with Crippen LogP contribution in [0.25, 0.3) is 0 Å². The van der Waals surface area contributed by atoms with Crippen molar-refractivity contribution >= 4 is 16.1 Å². The number of nitrogens with zero attached hydrogens (tertiary/aromatic N) is 1. The van der Waals surface area contributed by atoms with Gasteiger partial charge in [-0.1, -0.05) is 61.7 Å². The molecule has 202 valence electrons. The van der Waals surface area contributed by atoms with Crippen LogP contribution in [-0.2, 0) is 20.4 Å². The number of amides is 1. The maximum atomic E-state index is 12.6. The number of terminal acetylenes is 1. The molecule has 1 aliphatic carbocycles. The molecule has 2 N–H and O–H groups in total. The smallest absolute Gasteiger partial charge is 0.279 e. The van der Waals surface area contributed by atoms with E-state index in [-0.39, 0.29) is 11.3 Å². The van der Waals surface area contributed by atoms with Crippen LogP contribution < -0.4 is 14.8 Å². The standard InChI is InChI=1S/C21H25NO2.C5H12N2O3S.C2H2/c1-24-19-13-7-6-12-18(19)20(23)22-16-21(14-8-3-9-15-21)17-10-4-2-5-11-17;1-6-11(8,9)7-2-4-10-5-3-7;1-2/h2,4-7,10-13H,3,8-9,14-16H2,1H3,(H,22,23);6H,2-5H2,1H3;1-2H. The second-order valence-electron chi connectivity index (χ2n) is 8.81. The lowest BCUT2D eigenvalue weighted by Crippen LogP contribution is -2.45. The van der Waals surface area contributed by atoms with E-state index in [0.29, 0.717) is 44.2 Å². The fraction of sp³-hybridized carbons (Fsp3) is 0.464. The summed E-state index contributed by atoms with van der Waals surface area (Å²) in [5.41, 5.74) is 1.99. The summed E-state index contributed by atoms with van der Waals surface area (Å²) >= 11 is 0. The SMILES string of the molecule is C#C.CNS(=O)(=O)N1CCOCC1.COc1ccccc1C(=O)NCC1(c2ccccc2)CCCCC1. The van der Waals surface area contributed by atoms with Gasteiger partial charge in [-0.25, -0.2) is 4.72 Å². The van der Waals surface area contributed by atoms with Gasteiger partial charge in [-0.2, -0.15) is 12.7 Å². The number of carbonyl (C=O) groups is 1. The predicted molar refractivity (Wildman–Crippen MR) is 147 cm³/mol. The Bertz CT molecular complexity index is 1080. The van der Waals surface area contributed by atoms with Gasteiger partial charge in [-0.3, -0.25) is 4.79 Å². The third-order valence-electron chi connectivity index (χ3n) is 6.70. The van der Waals surface area contributed by atoms with Gasteiger partial charge in [-0.15, -0.1) is 12.8 Å². The van der Waals surface area contributed by atoms with Crippen LogP contribution in [0, 0.1) is 12.8 Å². The molecule has 0 radical (unpaired) electrons. The first kappa shape index (κ1) is 30.3. The molecule has 0 atom stereocenters. The third-order valence-corrected chi connectivity index (χ3v) is 8.26. The Hall–Kier alpha value is -2.90. The van der Waals surface area contributed by atoms with Crippen molar-refractivity contribution in [3.05, 3.63) is 65.7 Å². The molecule has 0 unspecified atom stereocenters. The third kappa shape index (κ3) is 8.58.